The van der Waals surface area contributed by atoms with Gasteiger partial charge >= 0.3 is 29.6 Å². The van der Waals surface area contributed by atoms with Gasteiger partial charge in [-0.25, -0.2) is 0 Å². The van der Waals surface area contributed by atoms with Crippen molar-refractivity contribution in [2.75, 3.05) is 6.61 Å². The molecule has 3 nitrogen and oxygen atoms in total. The fraction of sp³-hybridized carbons (Fsp3) is 0.750. The first kappa shape index (κ1) is 11.3. The van der Waals surface area contributed by atoms with Gasteiger partial charge in [0.1, 0.15) is 0 Å². The summed E-state index contributed by atoms with van der Waals surface area (Å²) in [5.41, 5.74) is 0. The number of aliphatic hydroxyl groups excluding tert-OH is 1. The van der Waals surface area contributed by atoms with Crippen LogP contribution in [-0.4, -0.2) is 17.7 Å². The number of hydrogen-bond acceptors (Lipinski definition) is 3. The van der Waals surface area contributed by atoms with Crippen molar-refractivity contribution in [3.63, 3.8) is 0 Å². The largest absolute Gasteiger partial charge is 1.00 e. The van der Waals surface area contributed by atoms with Gasteiger partial charge in [-0.3, -0.25) is 0 Å². The molecular weight excluding hydrogens is 119 g/mol. The zero-order chi connectivity index (χ0) is 5.86. The molecular formula is C4H7NaO3. The van der Waals surface area contributed by atoms with Crippen LogP contribution in [-0.2, 0) is 4.79 Å². The summed E-state index contributed by atoms with van der Waals surface area (Å²) in [6.07, 6.45) is 0. The Bertz CT molecular complexity index is 73.7. The minimum atomic E-state index is -1.21. The molecule has 0 aromatic carbocycles. The van der Waals surface area contributed by atoms with Crippen LogP contribution in [0, 0.1) is 5.92 Å². The van der Waals surface area contributed by atoms with Crippen LogP contribution < -0.4 is 34.7 Å². The van der Waals surface area contributed by atoms with Gasteiger partial charge < -0.3 is 15.0 Å². The molecule has 0 saturated heterocycles. The second kappa shape index (κ2) is 5.56. The minimum Gasteiger partial charge on any atom is -0.550 e. The third kappa shape index (κ3) is 4.59. The summed E-state index contributed by atoms with van der Waals surface area (Å²) in [7, 11) is 0. The van der Waals surface area contributed by atoms with Crippen LogP contribution in [0.3, 0.4) is 0 Å². The molecule has 0 aliphatic heterocycles. The van der Waals surface area contributed by atoms with Crippen molar-refractivity contribution in [3.05, 3.63) is 0 Å². The monoisotopic (exact) mass is 126 g/mol. The smallest absolute Gasteiger partial charge is 0.550 e. The van der Waals surface area contributed by atoms with Crippen LogP contribution in [0.4, 0.5) is 0 Å². The molecule has 0 radical (unpaired) electrons. The number of carbonyl (C=O) groups excluding carboxylic acids is 1. The Hall–Kier alpha value is 0.430. The maximum Gasteiger partial charge on any atom is 1.00 e. The van der Waals surface area contributed by atoms with E-state index >= 15 is 0 Å². The Morgan fingerprint density at radius 1 is 1.88 bits per heavy atom. The number of rotatable bonds is 2. The Balaban J connectivity index is 0. The predicted octanol–water partition coefficient (Wildman–Crippen LogP) is -4.63. The zero-order valence-electron chi connectivity index (χ0n) is 5.05. The average molecular weight is 126 g/mol. The Kier molecular flexibility index (Phi) is 7.83. The topological polar surface area (TPSA) is 60.4 Å². The Morgan fingerprint density at radius 2 is 2.25 bits per heavy atom. The van der Waals surface area contributed by atoms with Crippen molar-refractivity contribution in [2.45, 2.75) is 6.92 Å². The quantitative estimate of drug-likeness (QED) is 0.378. The van der Waals surface area contributed by atoms with E-state index in [1.54, 1.807) is 0 Å². The number of carboxylic acids is 1. The standard InChI is InChI=1S/C4H8O3.Na/c1-3(2-5)4(6)7;/h3,5H,2H2,1H3,(H,6,7);/q;+1/p-1. The van der Waals surface area contributed by atoms with Gasteiger partial charge in [0.2, 0.25) is 0 Å². The van der Waals surface area contributed by atoms with Gasteiger partial charge in [-0.15, -0.1) is 0 Å². The molecule has 42 valence electrons. The molecule has 0 rings (SSSR count). The summed E-state index contributed by atoms with van der Waals surface area (Å²) in [6.45, 7) is 1.04. The van der Waals surface area contributed by atoms with Gasteiger partial charge in [-0.05, 0) is 0 Å². The van der Waals surface area contributed by atoms with Gasteiger partial charge in [-0.2, -0.15) is 0 Å². The fourth-order valence-corrected chi connectivity index (χ4v) is 0.0745. The van der Waals surface area contributed by atoms with Crippen molar-refractivity contribution in [1.82, 2.24) is 0 Å². The van der Waals surface area contributed by atoms with Crippen molar-refractivity contribution < 1.29 is 44.6 Å². The van der Waals surface area contributed by atoms with E-state index in [0.717, 1.165) is 0 Å². The van der Waals surface area contributed by atoms with Gasteiger partial charge in [-0.1, -0.05) is 6.92 Å². The Morgan fingerprint density at radius 3 is 2.25 bits per heavy atom. The SMILES string of the molecule is CC(CO)C(=O)[O-].[Na+]. The molecule has 0 amide bonds. The van der Waals surface area contributed by atoms with Crippen LogP contribution in [0.5, 0.6) is 0 Å². The second-order valence-corrected chi connectivity index (χ2v) is 1.40. The summed E-state index contributed by atoms with van der Waals surface area (Å²) in [4.78, 5) is 9.66. The van der Waals surface area contributed by atoms with Crippen molar-refractivity contribution >= 4 is 5.97 Å². The zero-order valence-corrected chi connectivity index (χ0v) is 7.05. The second-order valence-electron chi connectivity index (χ2n) is 1.40. The molecule has 8 heavy (non-hydrogen) atoms. The van der Waals surface area contributed by atoms with Crippen molar-refractivity contribution in [3.8, 4) is 0 Å². The van der Waals surface area contributed by atoms with E-state index in [1.165, 1.54) is 6.92 Å². The first-order valence-electron chi connectivity index (χ1n) is 2.00. The maximum atomic E-state index is 9.66. The molecule has 0 bridgehead atoms. The van der Waals surface area contributed by atoms with E-state index in [2.05, 4.69) is 0 Å². The average Bonchev–Trinajstić information content (AvgIpc) is 1.65. The molecule has 0 spiro atoms. The van der Waals surface area contributed by atoms with Crippen LogP contribution in [0.25, 0.3) is 0 Å². The van der Waals surface area contributed by atoms with Crippen LogP contribution in [0.15, 0.2) is 0 Å². The number of carbonyl (C=O) groups is 1. The van der Waals surface area contributed by atoms with Gasteiger partial charge in [0, 0.05) is 11.9 Å². The molecule has 0 aliphatic rings. The first-order valence-corrected chi connectivity index (χ1v) is 2.00. The van der Waals surface area contributed by atoms with Crippen molar-refractivity contribution in [1.29, 1.82) is 0 Å². The van der Waals surface area contributed by atoms with Crippen molar-refractivity contribution in [2.24, 2.45) is 5.92 Å². The minimum absolute atomic E-state index is 0. The fourth-order valence-electron chi connectivity index (χ4n) is 0.0745. The van der Waals surface area contributed by atoms with Gasteiger partial charge in [0.15, 0.2) is 0 Å². The summed E-state index contributed by atoms with van der Waals surface area (Å²) in [6, 6.07) is 0. The van der Waals surface area contributed by atoms with Gasteiger partial charge in [0.25, 0.3) is 0 Å². The summed E-state index contributed by atoms with van der Waals surface area (Å²) in [5.74, 6) is -1.94. The summed E-state index contributed by atoms with van der Waals surface area (Å²) >= 11 is 0. The molecule has 0 fully saturated rings. The van der Waals surface area contributed by atoms with E-state index in [-0.39, 0.29) is 36.2 Å². The van der Waals surface area contributed by atoms with E-state index in [4.69, 9.17) is 5.11 Å². The number of aliphatic carboxylic acids is 1. The molecule has 0 aromatic heterocycles. The van der Waals surface area contributed by atoms with E-state index in [0.29, 0.717) is 0 Å². The van der Waals surface area contributed by atoms with Crippen LogP contribution in [0.2, 0.25) is 0 Å². The van der Waals surface area contributed by atoms with Crippen LogP contribution >= 0.6 is 0 Å². The van der Waals surface area contributed by atoms with E-state index in [9.17, 15) is 9.90 Å². The normalized spacial score (nSPS) is 11.8. The molecule has 1 atom stereocenters. The van der Waals surface area contributed by atoms with Gasteiger partial charge in [0.05, 0.1) is 6.61 Å². The third-order valence-electron chi connectivity index (χ3n) is 0.676. The molecule has 0 aliphatic carbocycles. The maximum absolute atomic E-state index is 9.66. The first-order chi connectivity index (χ1) is 3.18. The van der Waals surface area contributed by atoms with E-state index in [1.807, 2.05) is 0 Å². The summed E-state index contributed by atoms with van der Waals surface area (Å²) in [5, 5.41) is 17.7. The molecule has 4 heteroatoms. The molecule has 0 aromatic rings. The number of carboxylic acid groups (broad SMARTS) is 1. The van der Waals surface area contributed by atoms with E-state index < -0.39 is 11.9 Å². The molecule has 0 saturated carbocycles. The Labute approximate surface area is 70.0 Å². The molecule has 0 heterocycles. The number of aliphatic hydroxyl groups is 1. The van der Waals surface area contributed by atoms with Crippen LogP contribution in [0.1, 0.15) is 6.92 Å². The third-order valence-corrected chi connectivity index (χ3v) is 0.676. The predicted molar refractivity (Wildman–Crippen MR) is 21.3 cm³/mol. The molecule has 1 unspecified atom stereocenters. The summed E-state index contributed by atoms with van der Waals surface area (Å²) < 4.78 is 0. The molecule has 1 N–H and O–H groups in total. The number of hydrogen-bond donors (Lipinski definition) is 1.